The maximum Gasteiger partial charge on any atom is 0.257 e. The Kier molecular flexibility index (Phi) is 4.56. The lowest BCUT2D eigenvalue weighted by Crippen LogP contribution is -2.53. The van der Waals surface area contributed by atoms with E-state index < -0.39 is 0 Å². The number of halogens is 1. The van der Waals surface area contributed by atoms with Crippen molar-refractivity contribution in [1.82, 2.24) is 14.7 Å². The molecular formula is C21H25ClN4O2. The molecule has 1 N–H and O–H groups in total. The summed E-state index contributed by atoms with van der Waals surface area (Å²) in [6, 6.07) is 5.52. The number of nitrogens with zero attached hydrogens (tertiary/aromatic N) is 3. The molecule has 148 valence electrons. The zero-order chi connectivity index (χ0) is 19.3. The second kappa shape index (κ2) is 7.08. The second-order valence-electron chi connectivity index (χ2n) is 8.05. The van der Waals surface area contributed by atoms with Gasteiger partial charge in [-0.2, -0.15) is 5.10 Å². The molecule has 6 nitrogen and oxygen atoms in total. The normalized spacial score (nSPS) is 27.0. The summed E-state index contributed by atoms with van der Waals surface area (Å²) in [5.41, 5.74) is 2.62. The molecule has 1 unspecified atom stereocenters. The van der Waals surface area contributed by atoms with Crippen molar-refractivity contribution < 1.29 is 9.53 Å². The molecule has 1 aromatic carbocycles. The molecule has 3 atom stereocenters. The van der Waals surface area contributed by atoms with Gasteiger partial charge in [-0.25, -0.2) is 0 Å². The Labute approximate surface area is 169 Å². The van der Waals surface area contributed by atoms with Crippen molar-refractivity contribution in [3.8, 4) is 0 Å². The van der Waals surface area contributed by atoms with Crippen molar-refractivity contribution in [2.75, 3.05) is 18.5 Å². The largest absolute Gasteiger partial charge is 0.373 e. The Bertz CT molecular complexity index is 894. The molecular weight excluding hydrogens is 376 g/mol. The summed E-state index contributed by atoms with van der Waals surface area (Å²) in [5, 5.41) is 8.65. The van der Waals surface area contributed by atoms with Crippen molar-refractivity contribution in [2.45, 2.75) is 45.0 Å². The Balaban J connectivity index is 1.48. The summed E-state index contributed by atoms with van der Waals surface area (Å²) in [6.45, 7) is 4.40. The van der Waals surface area contributed by atoms with Gasteiger partial charge in [-0.1, -0.05) is 11.6 Å². The van der Waals surface area contributed by atoms with E-state index in [1.165, 1.54) is 12.8 Å². The third kappa shape index (κ3) is 3.18. The van der Waals surface area contributed by atoms with E-state index in [-0.39, 0.29) is 24.1 Å². The first-order valence-electron chi connectivity index (χ1n) is 10.1. The first kappa shape index (κ1) is 18.0. The summed E-state index contributed by atoms with van der Waals surface area (Å²) < 4.78 is 8.04. The highest BCUT2D eigenvalue weighted by Crippen LogP contribution is 2.42. The van der Waals surface area contributed by atoms with Gasteiger partial charge >= 0.3 is 0 Å². The molecule has 3 aliphatic rings. The molecule has 1 saturated carbocycles. The molecule has 0 spiro atoms. The number of rotatable bonds is 5. The maximum atomic E-state index is 13.4. The van der Waals surface area contributed by atoms with E-state index in [1.54, 1.807) is 6.07 Å². The predicted molar refractivity (Wildman–Crippen MR) is 107 cm³/mol. The predicted octanol–water partition coefficient (Wildman–Crippen LogP) is 3.94. The lowest BCUT2D eigenvalue weighted by atomic mass is 9.90. The van der Waals surface area contributed by atoms with Gasteiger partial charge in [-0.05, 0) is 50.3 Å². The number of benzene rings is 1. The molecule has 1 amide bonds. The number of hydrogen-bond acceptors (Lipinski definition) is 4. The first-order valence-corrected chi connectivity index (χ1v) is 10.5. The average Bonchev–Trinajstić information content (AvgIpc) is 3.18. The van der Waals surface area contributed by atoms with Crippen molar-refractivity contribution in [2.24, 2.45) is 11.8 Å². The molecule has 3 heterocycles. The monoisotopic (exact) mass is 400 g/mol. The smallest absolute Gasteiger partial charge is 0.257 e. The van der Waals surface area contributed by atoms with Crippen molar-refractivity contribution in [3.05, 3.63) is 46.7 Å². The van der Waals surface area contributed by atoms with Gasteiger partial charge in [0.15, 0.2) is 0 Å². The van der Waals surface area contributed by atoms with E-state index in [9.17, 15) is 4.79 Å². The van der Waals surface area contributed by atoms with Crippen LogP contribution in [0.1, 0.15) is 48.2 Å². The standard InChI is InChI=1S/C21H25ClN4O2/c1-2-25-12-14(10-23-25)19-16(7-8-28-19)20-24-18-6-5-15(22)9-17(18)21(27)26(20)11-13-3-4-13/h5-6,9-10,12-13,16,19-20,24H,2-4,7-8,11H2,1H3/t16-,19+,20?/m1/s1. The van der Waals surface area contributed by atoms with Crippen LogP contribution in [-0.4, -0.2) is 39.9 Å². The molecule has 0 radical (unpaired) electrons. The van der Waals surface area contributed by atoms with E-state index >= 15 is 0 Å². The summed E-state index contributed by atoms with van der Waals surface area (Å²) in [7, 11) is 0. The van der Waals surface area contributed by atoms with Crippen LogP contribution in [0.5, 0.6) is 0 Å². The van der Waals surface area contributed by atoms with E-state index in [1.807, 2.05) is 27.9 Å². The quantitative estimate of drug-likeness (QED) is 0.825. The number of ether oxygens (including phenoxy) is 1. The summed E-state index contributed by atoms with van der Waals surface area (Å²) in [4.78, 5) is 15.4. The molecule has 28 heavy (non-hydrogen) atoms. The van der Waals surface area contributed by atoms with Crippen LogP contribution in [0, 0.1) is 11.8 Å². The Hall–Kier alpha value is -2.05. The number of aryl methyl sites for hydroxylation is 1. The van der Waals surface area contributed by atoms with E-state index in [4.69, 9.17) is 16.3 Å². The minimum absolute atomic E-state index is 0.0545. The summed E-state index contributed by atoms with van der Waals surface area (Å²) in [5.74, 6) is 0.863. The Morgan fingerprint density at radius 3 is 2.93 bits per heavy atom. The van der Waals surface area contributed by atoms with Crippen LogP contribution in [-0.2, 0) is 11.3 Å². The van der Waals surface area contributed by atoms with Crippen LogP contribution >= 0.6 is 11.6 Å². The zero-order valence-corrected chi connectivity index (χ0v) is 16.7. The second-order valence-corrected chi connectivity index (χ2v) is 8.49. The van der Waals surface area contributed by atoms with Gasteiger partial charge in [-0.15, -0.1) is 0 Å². The average molecular weight is 401 g/mol. The van der Waals surface area contributed by atoms with Crippen molar-refractivity contribution >= 4 is 23.2 Å². The molecule has 7 heteroatoms. The Morgan fingerprint density at radius 2 is 2.18 bits per heavy atom. The third-order valence-corrected chi connectivity index (χ3v) is 6.35. The molecule has 5 rings (SSSR count). The number of amides is 1. The van der Waals surface area contributed by atoms with Gasteiger partial charge in [0.2, 0.25) is 0 Å². The van der Waals surface area contributed by atoms with Crippen LogP contribution in [0.15, 0.2) is 30.6 Å². The molecule has 2 aromatic rings. The van der Waals surface area contributed by atoms with E-state index in [0.717, 1.165) is 30.8 Å². The van der Waals surface area contributed by atoms with Gasteiger partial charge in [0.25, 0.3) is 5.91 Å². The molecule has 2 aliphatic heterocycles. The van der Waals surface area contributed by atoms with Gasteiger partial charge in [0, 0.05) is 48.1 Å². The van der Waals surface area contributed by atoms with Crippen LogP contribution in [0.3, 0.4) is 0 Å². The van der Waals surface area contributed by atoms with Crippen LogP contribution in [0.25, 0.3) is 0 Å². The number of carbonyl (C=O) groups is 1. The van der Waals surface area contributed by atoms with Crippen molar-refractivity contribution in [1.29, 1.82) is 0 Å². The molecule has 1 saturated heterocycles. The third-order valence-electron chi connectivity index (χ3n) is 6.11. The topological polar surface area (TPSA) is 59.4 Å². The number of fused-ring (bicyclic) bond motifs is 1. The lowest BCUT2D eigenvalue weighted by Gasteiger charge is -2.42. The molecule has 1 aromatic heterocycles. The Morgan fingerprint density at radius 1 is 1.32 bits per heavy atom. The minimum atomic E-state index is -0.0840. The highest BCUT2D eigenvalue weighted by atomic mass is 35.5. The molecule has 2 fully saturated rings. The minimum Gasteiger partial charge on any atom is -0.373 e. The number of hydrogen-bond donors (Lipinski definition) is 1. The summed E-state index contributed by atoms with van der Waals surface area (Å²) >= 11 is 6.16. The highest BCUT2D eigenvalue weighted by molar-refractivity contribution is 6.31. The molecule has 1 aliphatic carbocycles. The fraction of sp³-hybridized carbons (Fsp3) is 0.524. The van der Waals surface area contributed by atoms with Crippen molar-refractivity contribution in [3.63, 3.8) is 0 Å². The zero-order valence-electron chi connectivity index (χ0n) is 16.0. The van der Waals surface area contributed by atoms with Gasteiger partial charge in [-0.3, -0.25) is 9.48 Å². The van der Waals surface area contributed by atoms with Gasteiger partial charge < -0.3 is 15.0 Å². The first-order chi connectivity index (χ1) is 13.6. The SMILES string of the molecule is CCn1cc([C@@H]2OCC[C@H]2C2Nc3ccc(Cl)cc3C(=O)N2CC2CC2)cn1. The van der Waals surface area contributed by atoms with Gasteiger partial charge in [0.1, 0.15) is 6.17 Å². The van der Waals surface area contributed by atoms with Crippen LogP contribution in [0.2, 0.25) is 5.02 Å². The lowest BCUT2D eigenvalue weighted by molar-refractivity contribution is 0.0426. The maximum absolute atomic E-state index is 13.4. The number of carbonyl (C=O) groups excluding carboxylic acids is 1. The number of aromatic nitrogens is 2. The number of anilines is 1. The van der Waals surface area contributed by atoms with E-state index in [0.29, 0.717) is 23.1 Å². The van der Waals surface area contributed by atoms with E-state index in [2.05, 4.69) is 23.5 Å². The number of nitrogens with one attached hydrogen (secondary N) is 1. The molecule has 0 bridgehead atoms. The van der Waals surface area contributed by atoms with Crippen LogP contribution < -0.4 is 5.32 Å². The summed E-state index contributed by atoms with van der Waals surface area (Å²) in [6.07, 6.45) is 7.14. The fourth-order valence-corrected chi connectivity index (χ4v) is 4.60. The highest BCUT2D eigenvalue weighted by Gasteiger charge is 2.45. The van der Waals surface area contributed by atoms with Gasteiger partial charge in [0.05, 0.1) is 17.9 Å². The van der Waals surface area contributed by atoms with Crippen LogP contribution in [0.4, 0.5) is 5.69 Å². The fourth-order valence-electron chi connectivity index (χ4n) is 4.42.